The van der Waals surface area contributed by atoms with Crippen molar-refractivity contribution in [2.24, 2.45) is 17.8 Å². The minimum absolute atomic E-state index is 0. The number of carboxylic acids is 2. The minimum atomic E-state index is -5.15. The topological polar surface area (TPSA) is 129 Å². The van der Waals surface area contributed by atoms with Gasteiger partial charge in [-0.1, -0.05) is 79.1 Å². The summed E-state index contributed by atoms with van der Waals surface area (Å²) in [6.45, 7) is 7.67. The molecule has 0 aliphatic heterocycles. The molecule has 3 N–H and O–H groups in total. The normalized spacial score (nSPS) is 16.3. The van der Waals surface area contributed by atoms with Crippen LogP contribution in [0, 0.1) is 17.8 Å². The predicted molar refractivity (Wildman–Crippen MR) is 109 cm³/mol. The van der Waals surface area contributed by atoms with Gasteiger partial charge in [0, 0.05) is 0 Å². The third-order valence-electron chi connectivity index (χ3n) is 5.93. The van der Waals surface area contributed by atoms with Crippen LogP contribution >= 0.6 is 0 Å². The van der Waals surface area contributed by atoms with Crippen LogP contribution in [0.5, 0.6) is 0 Å². The van der Waals surface area contributed by atoms with E-state index in [0.717, 1.165) is 25.7 Å². The van der Waals surface area contributed by atoms with E-state index in [1.807, 2.05) is 27.7 Å². The van der Waals surface area contributed by atoms with Gasteiger partial charge in [0.1, 0.15) is 0 Å². The van der Waals surface area contributed by atoms with Gasteiger partial charge in [0.05, 0.1) is 5.92 Å². The van der Waals surface area contributed by atoms with Gasteiger partial charge in [-0.15, -0.1) is 0 Å². The number of unbranched alkanes of at least 4 members (excludes halogenated alkanes) is 2. The second kappa shape index (κ2) is 17.3. The zero-order valence-electron chi connectivity index (χ0n) is 19.7. The number of carboxylic acid groups (broad SMARTS) is 2. The number of hydrogen-bond donors (Lipinski definition) is 3. The molecule has 0 bridgehead atoms. The number of aliphatic carboxylic acids is 2. The van der Waals surface area contributed by atoms with Crippen molar-refractivity contribution in [2.45, 2.75) is 96.7 Å². The Morgan fingerprint density at radius 2 is 1.30 bits per heavy atom. The molecule has 0 radical (unpaired) electrons. The van der Waals surface area contributed by atoms with Crippen molar-refractivity contribution in [1.82, 2.24) is 0 Å². The fraction of sp³-hybridized carbons (Fsp3) is 0.900. The molecule has 0 aromatic rings. The fourth-order valence-corrected chi connectivity index (χ4v) is 5.18. The predicted octanol–water partition coefficient (Wildman–Crippen LogP) is -1.38. The third-order valence-corrected chi connectivity index (χ3v) is 7.48. The summed E-state index contributed by atoms with van der Waals surface area (Å²) in [5.41, 5.74) is 0. The van der Waals surface area contributed by atoms with E-state index in [0.29, 0.717) is 25.7 Å². The van der Waals surface area contributed by atoms with E-state index in [9.17, 15) is 32.8 Å². The quantitative estimate of drug-likeness (QED) is 0.188. The Morgan fingerprint density at radius 1 is 0.867 bits per heavy atom. The van der Waals surface area contributed by atoms with Crippen LogP contribution in [-0.2, 0) is 19.7 Å². The van der Waals surface area contributed by atoms with Crippen LogP contribution < -0.4 is 59.1 Å². The maximum absolute atomic E-state index is 12.4. The third kappa shape index (κ3) is 10.2. The molecule has 7 nitrogen and oxygen atoms in total. The van der Waals surface area contributed by atoms with Gasteiger partial charge in [-0.2, -0.15) is 8.42 Å². The first-order valence-corrected chi connectivity index (χ1v) is 11.9. The maximum Gasteiger partial charge on any atom is 1.00 e. The molecule has 4 unspecified atom stereocenters. The first-order chi connectivity index (χ1) is 13.0. The number of rotatable bonds is 16. The SMILES string of the molecule is CCCCC(CC)CC(C(=O)O)C(CC(CC)CCCC)(C(=O)O)S(=O)(=O)O.[Na+].[Na+]. The first kappa shape index (κ1) is 35.4. The zero-order chi connectivity index (χ0) is 22.0. The van der Waals surface area contributed by atoms with Gasteiger partial charge >= 0.3 is 71.1 Å². The van der Waals surface area contributed by atoms with E-state index < -0.39 is 39.1 Å². The van der Waals surface area contributed by atoms with Crippen LogP contribution in [0.25, 0.3) is 0 Å². The van der Waals surface area contributed by atoms with Crippen molar-refractivity contribution in [2.75, 3.05) is 0 Å². The van der Waals surface area contributed by atoms with Gasteiger partial charge in [-0.25, -0.2) is 0 Å². The molecule has 0 aliphatic rings. The van der Waals surface area contributed by atoms with Gasteiger partial charge in [-0.05, 0) is 24.7 Å². The van der Waals surface area contributed by atoms with Gasteiger partial charge < -0.3 is 10.2 Å². The Balaban J connectivity index is -0.00000364. The molecule has 0 saturated heterocycles. The maximum atomic E-state index is 12.4. The number of carbonyl (C=O) groups is 2. The van der Waals surface area contributed by atoms with Gasteiger partial charge in [0.15, 0.2) is 0 Å². The monoisotopic (exact) mass is 468 g/mol. The molecule has 0 rings (SSSR count). The second-order valence-corrected chi connectivity index (χ2v) is 9.51. The summed E-state index contributed by atoms with van der Waals surface area (Å²) in [4.78, 5) is 24.3. The van der Waals surface area contributed by atoms with E-state index in [1.54, 1.807) is 0 Å². The fourth-order valence-electron chi connectivity index (χ4n) is 3.95. The van der Waals surface area contributed by atoms with Crippen LogP contribution in [-0.4, -0.2) is 39.9 Å². The molecule has 0 fully saturated rings. The second-order valence-electron chi connectivity index (χ2n) is 7.83. The Hall–Kier alpha value is 0.850. The Bertz CT molecular complexity index is 598. The van der Waals surface area contributed by atoms with Crippen molar-refractivity contribution < 1.29 is 91.9 Å². The van der Waals surface area contributed by atoms with Crippen molar-refractivity contribution in [3.8, 4) is 0 Å². The summed E-state index contributed by atoms with van der Waals surface area (Å²) in [6.07, 6.45) is 5.37. The molecule has 166 valence electrons. The van der Waals surface area contributed by atoms with Crippen LogP contribution in [0.4, 0.5) is 0 Å². The van der Waals surface area contributed by atoms with E-state index >= 15 is 0 Å². The summed E-state index contributed by atoms with van der Waals surface area (Å²) in [5, 5.41) is 19.7. The first-order valence-electron chi connectivity index (χ1n) is 10.4. The van der Waals surface area contributed by atoms with Crippen molar-refractivity contribution in [3.63, 3.8) is 0 Å². The molecule has 30 heavy (non-hydrogen) atoms. The molecule has 0 aromatic carbocycles. The van der Waals surface area contributed by atoms with Crippen molar-refractivity contribution in [1.29, 1.82) is 0 Å². The van der Waals surface area contributed by atoms with E-state index in [-0.39, 0.29) is 77.4 Å². The standard InChI is InChI=1S/C20H38O7S.2Na/c1-5-9-11-15(7-3)13-17(18(21)22)20(19(23)24,28(25,26)27)14-16(8-4)12-10-6-2;;/h15-17H,5-14H2,1-4H3,(H,21,22)(H,23,24)(H,25,26,27);;/q;2*+1. The molecular weight excluding hydrogens is 430 g/mol. The molecule has 0 spiro atoms. The minimum Gasteiger partial charge on any atom is -0.481 e. The average molecular weight is 469 g/mol. The van der Waals surface area contributed by atoms with Gasteiger partial charge in [0.2, 0.25) is 4.75 Å². The zero-order valence-corrected chi connectivity index (χ0v) is 24.5. The molecule has 0 aliphatic carbocycles. The van der Waals surface area contributed by atoms with Crippen LogP contribution in [0.3, 0.4) is 0 Å². The van der Waals surface area contributed by atoms with Gasteiger partial charge in [0.25, 0.3) is 10.1 Å². The molecule has 10 heteroatoms. The van der Waals surface area contributed by atoms with Crippen LogP contribution in [0.15, 0.2) is 0 Å². The number of hydrogen-bond acceptors (Lipinski definition) is 4. The molecule has 0 heterocycles. The Morgan fingerprint density at radius 3 is 1.60 bits per heavy atom. The Kier molecular flexibility index (Phi) is 20.5. The molecular formula is C20H38Na2O7S+2. The van der Waals surface area contributed by atoms with E-state index in [1.165, 1.54) is 0 Å². The molecule has 0 amide bonds. The smallest absolute Gasteiger partial charge is 0.481 e. The molecule has 0 aromatic heterocycles. The van der Waals surface area contributed by atoms with Crippen molar-refractivity contribution in [3.05, 3.63) is 0 Å². The summed E-state index contributed by atoms with van der Waals surface area (Å²) in [5.74, 6) is -5.37. The Labute approximate surface area is 226 Å². The summed E-state index contributed by atoms with van der Waals surface area (Å²) >= 11 is 0. The van der Waals surface area contributed by atoms with Crippen LogP contribution in [0.1, 0.15) is 91.9 Å². The summed E-state index contributed by atoms with van der Waals surface area (Å²) < 4.78 is 32.0. The van der Waals surface area contributed by atoms with E-state index in [4.69, 9.17) is 0 Å². The summed E-state index contributed by atoms with van der Waals surface area (Å²) in [7, 11) is -5.15. The average Bonchev–Trinajstić information content (AvgIpc) is 2.61. The van der Waals surface area contributed by atoms with E-state index in [2.05, 4.69) is 0 Å². The molecule has 4 atom stereocenters. The van der Waals surface area contributed by atoms with Gasteiger partial charge in [-0.3, -0.25) is 14.1 Å². The summed E-state index contributed by atoms with van der Waals surface area (Å²) in [6, 6.07) is 0. The molecule has 0 saturated carbocycles. The largest absolute Gasteiger partial charge is 1.00 e. The van der Waals surface area contributed by atoms with Crippen molar-refractivity contribution >= 4 is 22.1 Å². The van der Waals surface area contributed by atoms with Crippen LogP contribution in [0.2, 0.25) is 0 Å².